The van der Waals surface area contributed by atoms with Gasteiger partial charge < -0.3 is 10.6 Å². The highest BCUT2D eigenvalue weighted by Gasteiger charge is 2.29. The van der Waals surface area contributed by atoms with Crippen molar-refractivity contribution in [3.63, 3.8) is 0 Å². The van der Waals surface area contributed by atoms with Crippen LogP contribution in [-0.4, -0.2) is 27.1 Å². The van der Waals surface area contributed by atoms with E-state index in [9.17, 15) is 9.59 Å². The number of nitrogens with one attached hydrogen (secondary N) is 2. The summed E-state index contributed by atoms with van der Waals surface area (Å²) in [6, 6.07) is 13.8. The lowest BCUT2D eigenvalue weighted by Gasteiger charge is -2.15. The molecule has 6 nitrogen and oxygen atoms in total. The van der Waals surface area contributed by atoms with Gasteiger partial charge in [-0.3, -0.25) is 14.2 Å². The second-order valence-corrected chi connectivity index (χ2v) is 9.28. The quantitative estimate of drug-likeness (QED) is 0.485. The number of nitrogens with zero attached hydrogens (tertiary/aromatic N) is 2. The normalized spacial score (nSPS) is 14.1. The highest BCUT2D eigenvalue weighted by molar-refractivity contribution is 7.99. The van der Waals surface area contributed by atoms with Gasteiger partial charge in [-0.1, -0.05) is 36.0 Å². The van der Waals surface area contributed by atoms with E-state index in [4.69, 9.17) is 0 Å². The third-order valence-corrected chi connectivity index (χ3v) is 6.53. The van der Waals surface area contributed by atoms with Crippen LogP contribution < -0.4 is 10.6 Å². The summed E-state index contributed by atoms with van der Waals surface area (Å²) in [6.45, 7) is 6.09. The molecule has 1 atom stereocenters. The van der Waals surface area contributed by atoms with Crippen LogP contribution in [0.5, 0.6) is 0 Å². The largest absolute Gasteiger partial charge is 0.349 e. The second kappa shape index (κ2) is 9.61. The Morgan fingerprint density at radius 3 is 2.62 bits per heavy atom. The molecule has 1 aliphatic rings. The maximum atomic E-state index is 12.6. The zero-order chi connectivity index (χ0) is 22.7. The Morgan fingerprint density at radius 2 is 1.91 bits per heavy atom. The van der Waals surface area contributed by atoms with E-state index in [1.54, 1.807) is 6.20 Å². The monoisotopic (exact) mass is 448 g/mol. The van der Waals surface area contributed by atoms with Crippen LogP contribution in [0.1, 0.15) is 42.5 Å². The van der Waals surface area contributed by atoms with E-state index in [2.05, 4.69) is 47.7 Å². The minimum atomic E-state index is -0.130. The third kappa shape index (κ3) is 5.40. The number of anilines is 1. The lowest BCUT2D eigenvalue weighted by atomic mass is 10.1. The lowest BCUT2D eigenvalue weighted by molar-refractivity contribution is -0.119. The average molecular weight is 449 g/mol. The SMILES string of the molecule is Cc1ccc(C)c(-n2ccnc2SCC(=O)NC(C)c2ccc(NC(=O)C3CC3)cc2)c1. The average Bonchev–Trinajstić information content (AvgIpc) is 3.53. The molecule has 4 rings (SSSR count). The van der Waals surface area contributed by atoms with Crippen LogP contribution in [-0.2, 0) is 9.59 Å². The molecule has 0 aliphatic heterocycles. The molecule has 166 valence electrons. The Balaban J connectivity index is 1.32. The fraction of sp³-hybridized carbons (Fsp3) is 0.320. The van der Waals surface area contributed by atoms with Crippen molar-refractivity contribution >= 4 is 29.3 Å². The Bertz CT molecular complexity index is 1120. The van der Waals surface area contributed by atoms with Gasteiger partial charge in [0.1, 0.15) is 0 Å². The number of benzene rings is 2. The first-order valence-corrected chi connectivity index (χ1v) is 11.8. The molecule has 0 radical (unpaired) electrons. The van der Waals surface area contributed by atoms with Gasteiger partial charge in [0.25, 0.3) is 0 Å². The summed E-state index contributed by atoms with van der Waals surface area (Å²) >= 11 is 1.42. The summed E-state index contributed by atoms with van der Waals surface area (Å²) in [5, 5.41) is 6.77. The molecule has 32 heavy (non-hydrogen) atoms. The van der Waals surface area contributed by atoms with E-state index in [1.807, 2.05) is 42.0 Å². The minimum absolute atomic E-state index is 0.0517. The van der Waals surface area contributed by atoms with Crippen LogP contribution in [0.15, 0.2) is 60.0 Å². The number of rotatable bonds is 8. The van der Waals surface area contributed by atoms with E-state index in [0.29, 0.717) is 0 Å². The lowest BCUT2D eigenvalue weighted by Crippen LogP contribution is -2.28. The third-order valence-electron chi connectivity index (χ3n) is 5.57. The van der Waals surface area contributed by atoms with E-state index >= 15 is 0 Å². The molecule has 2 amide bonds. The van der Waals surface area contributed by atoms with E-state index in [0.717, 1.165) is 40.5 Å². The van der Waals surface area contributed by atoms with Crippen molar-refractivity contribution in [1.82, 2.24) is 14.9 Å². The van der Waals surface area contributed by atoms with Crippen molar-refractivity contribution in [3.8, 4) is 5.69 Å². The number of hydrogen-bond donors (Lipinski definition) is 2. The number of hydrogen-bond acceptors (Lipinski definition) is 4. The van der Waals surface area contributed by atoms with Crippen LogP contribution in [0.2, 0.25) is 0 Å². The standard InChI is InChI=1S/C25H28N4O2S/c1-16-4-5-17(2)22(14-16)29-13-12-26-25(29)32-15-23(30)27-18(3)19-8-10-21(11-9-19)28-24(31)20-6-7-20/h4-5,8-14,18,20H,6-7,15H2,1-3H3,(H,27,30)(H,28,31). The molecule has 7 heteroatoms. The first-order valence-electron chi connectivity index (χ1n) is 10.8. The number of aromatic nitrogens is 2. The molecule has 1 unspecified atom stereocenters. The van der Waals surface area contributed by atoms with Crippen LogP contribution >= 0.6 is 11.8 Å². The Labute approximate surface area is 192 Å². The summed E-state index contributed by atoms with van der Waals surface area (Å²) in [5.74, 6) is 0.497. The van der Waals surface area contributed by atoms with Crippen LogP contribution in [0.4, 0.5) is 5.69 Å². The second-order valence-electron chi connectivity index (χ2n) is 8.33. The highest BCUT2D eigenvalue weighted by Crippen LogP contribution is 2.30. The van der Waals surface area contributed by atoms with Gasteiger partial charge in [0.2, 0.25) is 11.8 Å². The number of carbonyl (C=O) groups excluding carboxylic acids is 2. The molecule has 1 fully saturated rings. The predicted molar refractivity (Wildman–Crippen MR) is 128 cm³/mol. The van der Waals surface area contributed by atoms with Crippen LogP contribution in [0.25, 0.3) is 5.69 Å². The zero-order valence-corrected chi connectivity index (χ0v) is 19.4. The molecule has 2 N–H and O–H groups in total. The maximum Gasteiger partial charge on any atom is 0.230 e. The summed E-state index contributed by atoms with van der Waals surface area (Å²) in [4.78, 5) is 28.9. The van der Waals surface area contributed by atoms with Crippen molar-refractivity contribution in [1.29, 1.82) is 0 Å². The predicted octanol–water partition coefficient (Wildman–Crippen LogP) is 4.81. The summed E-state index contributed by atoms with van der Waals surface area (Å²) in [7, 11) is 0. The summed E-state index contributed by atoms with van der Waals surface area (Å²) in [5.41, 5.74) is 5.19. The number of amides is 2. The number of thioether (sulfide) groups is 1. The summed E-state index contributed by atoms with van der Waals surface area (Å²) < 4.78 is 2.03. The first-order chi connectivity index (χ1) is 15.4. The molecular formula is C25H28N4O2S. The van der Waals surface area contributed by atoms with Crippen molar-refractivity contribution in [2.75, 3.05) is 11.1 Å². The Kier molecular flexibility index (Phi) is 6.65. The van der Waals surface area contributed by atoms with Gasteiger partial charge in [-0.2, -0.15) is 0 Å². The molecule has 1 heterocycles. The Morgan fingerprint density at radius 1 is 1.16 bits per heavy atom. The van der Waals surface area contributed by atoms with Crippen LogP contribution in [0, 0.1) is 19.8 Å². The summed E-state index contributed by atoms with van der Waals surface area (Å²) in [6.07, 6.45) is 5.65. The van der Waals surface area contributed by atoms with Crippen molar-refractivity contribution < 1.29 is 9.59 Å². The Hall–Kier alpha value is -3.06. The fourth-order valence-corrected chi connectivity index (χ4v) is 4.28. The van der Waals surface area contributed by atoms with Crippen LogP contribution in [0.3, 0.4) is 0 Å². The molecule has 1 aliphatic carbocycles. The van der Waals surface area contributed by atoms with Gasteiger partial charge >= 0.3 is 0 Å². The molecule has 0 bridgehead atoms. The molecule has 0 spiro atoms. The van der Waals surface area contributed by atoms with E-state index in [1.165, 1.54) is 17.3 Å². The fourth-order valence-electron chi connectivity index (χ4n) is 3.50. The smallest absolute Gasteiger partial charge is 0.230 e. The molecular weight excluding hydrogens is 420 g/mol. The maximum absolute atomic E-state index is 12.6. The van der Waals surface area contributed by atoms with Gasteiger partial charge in [0.15, 0.2) is 5.16 Å². The number of imidazole rings is 1. The molecule has 0 saturated heterocycles. The van der Waals surface area contributed by atoms with Crippen molar-refractivity contribution in [2.45, 2.75) is 44.8 Å². The molecule has 1 aromatic heterocycles. The topological polar surface area (TPSA) is 76.0 Å². The van der Waals surface area contributed by atoms with Gasteiger partial charge in [-0.05, 0) is 68.5 Å². The van der Waals surface area contributed by atoms with Gasteiger partial charge in [-0.25, -0.2) is 4.98 Å². The van der Waals surface area contributed by atoms with E-state index < -0.39 is 0 Å². The molecule has 2 aromatic carbocycles. The van der Waals surface area contributed by atoms with Gasteiger partial charge in [0, 0.05) is 24.0 Å². The molecule has 3 aromatic rings. The number of carbonyl (C=O) groups is 2. The number of aryl methyl sites for hydroxylation is 2. The first kappa shape index (κ1) is 22.1. The van der Waals surface area contributed by atoms with Gasteiger partial charge in [0.05, 0.1) is 17.5 Å². The van der Waals surface area contributed by atoms with Gasteiger partial charge in [-0.15, -0.1) is 0 Å². The van der Waals surface area contributed by atoms with E-state index in [-0.39, 0.29) is 29.5 Å². The minimum Gasteiger partial charge on any atom is -0.349 e. The highest BCUT2D eigenvalue weighted by atomic mass is 32.2. The zero-order valence-electron chi connectivity index (χ0n) is 18.6. The van der Waals surface area contributed by atoms with Crippen molar-refractivity contribution in [3.05, 3.63) is 71.5 Å². The van der Waals surface area contributed by atoms with Crippen molar-refractivity contribution in [2.24, 2.45) is 5.92 Å². The molecule has 1 saturated carbocycles.